The number of carbonyl (C=O) groups excluding carboxylic acids is 1. The highest BCUT2D eigenvalue weighted by Gasteiger charge is 2.23. The second-order valence-electron chi connectivity index (χ2n) is 5.64. The third-order valence-corrected chi connectivity index (χ3v) is 4.35. The Morgan fingerprint density at radius 1 is 1.38 bits per heavy atom. The van der Waals surface area contributed by atoms with Crippen LogP contribution in [0, 0.1) is 11.3 Å². The monoisotopic (exact) mass is 281 g/mol. The minimum absolute atomic E-state index is 0.112. The third kappa shape index (κ3) is 2.52. The lowest BCUT2D eigenvalue weighted by Gasteiger charge is -2.19. The summed E-state index contributed by atoms with van der Waals surface area (Å²) in [5.74, 6) is 0.00565. The Hall–Kier alpha value is -2.28. The molecule has 0 saturated heterocycles. The summed E-state index contributed by atoms with van der Waals surface area (Å²) in [6.07, 6.45) is 2.46. The van der Waals surface area contributed by atoms with Gasteiger partial charge in [0.25, 0.3) is 0 Å². The van der Waals surface area contributed by atoms with Crippen LogP contribution in [-0.2, 0) is 11.2 Å². The number of aromatic amines is 1. The van der Waals surface area contributed by atoms with E-state index in [1.54, 1.807) is 6.92 Å². The number of hydrogen-bond donors (Lipinski definition) is 1. The zero-order valence-corrected chi connectivity index (χ0v) is 12.2. The van der Waals surface area contributed by atoms with Gasteiger partial charge in [0.15, 0.2) is 0 Å². The van der Waals surface area contributed by atoms with Gasteiger partial charge in [0, 0.05) is 36.6 Å². The average molecular weight is 281 g/mol. The van der Waals surface area contributed by atoms with Crippen LogP contribution in [0.25, 0.3) is 10.9 Å². The van der Waals surface area contributed by atoms with E-state index in [0.717, 1.165) is 43.6 Å². The second kappa shape index (κ2) is 5.61. The molecule has 4 nitrogen and oxygen atoms in total. The van der Waals surface area contributed by atoms with E-state index in [2.05, 4.69) is 17.1 Å². The molecule has 0 aliphatic carbocycles. The molecule has 1 unspecified atom stereocenters. The van der Waals surface area contributed by atoms with Gasteiger partial charge in [-0.25, -0.2) is 0 Å². The van der Waals surface area contributed by atoms with Crippen LogP contribution in [0.1, 0.15) is 36.9 Å². The SMILES string of the molecule is CC(=O)N1CCCC(C#N)c2[nH]c3ccccc3c2CC1. The van der Waals surface area contributed by atoms with Gasteiger partial charge in [-0.1, -0.05) is 18.2 Å². The summed E-state index contributed by atoms with van der Waals surface area (Å²) >= 11 is 0. The van der Waals surface area contributed by atoms with Gasteiger partial charge in [0.05, 0.1) is 12.0 Å². The average Bonchev–Trinajstić information content (AvgIpc) is 2.87. The molecule has 2 aromatic rings. The summed E-state index contributed by atoms with van der Waals surface area (Å²) in [4.78, 5) is 17.0. The molecule has 2 heterocycles. The zero-order valence-electron chi connectivity index (χ0n) is 12.2. The normalized spacial score (nSPS) is 19.2. The highest BCUT2D eigenvalue weighted by Crippen LogP contribution is 2.31. The summed E-state index contributed by atoms with van der Waals surface area (Å²) in [7, 11) is 0. The molecular formula is C17H19N3O. The molecule has 0 radical (unpaired) electrons. The van der Waals surface area contributed by atoms with E-state index in [9.17, 15) is 10.1 Å². The molecule has 1 amide bonds. The second-order valence-corrected chi connectivity index (χ2v) is 5.64. The predicted molar refractivity (Wildman–Crippen MR) is 81.8 cm³/mol. The van der Waals surface area contributed by atoms with E-state index >= 15 is 0 Å². The van der Waals surface area contributed by atoms with Crippen LogP contribution in [0.3, 0.4) is 0 Å². The minimum atomic E-state index is -0.112. The molecule has 3 rings (SSSR count). The Morgan fingerprint density at radius 2 is 2.19 bits per heavy atom. The van der Waals surface area contributed by atoms with Crippen LogP contribution in [0.2, 0.25) is 0 Å². The lowest BCUT2D eigenvalue weighted by Crippen LogP contribution is -2.31. The number of para-hydroxylation sites is 1. The van der Waals surface area contributed by atoms with Crippen molar-refractivity contribution in [3.63, 3.8) is 0 Å². The first-order valence-corrected chi connectivity index (χ1v) is 7.45. The molecule has 1 aromatic heterocycles. The van der Waals surface area contributed by atoms with Crippen molar-refractivity contribution in [2.75, 3.05) is 13.1 Å². The lowest BCUT2D eigenvalue weighted by atomic mass is 9.96. The fourth-order valence-electron chi connectivity index (χ4n) is 3.22. The summed E-state index contributed by atoms with van der Waals surface area (Å²) in [5, 5.41) is 10.7. The number of H-pyrrole nitrogens is 1. The Kier molecular flexibility index (Phi) is 3.66. The first-order chi connectivity index (χ1) is 10.2. The Labute approximate surface area is 124 Å². The molecule has 0 spiro atoms. The molecule has 1 aliphatic rings. The molecule has 1 aliphatic heterocycles. The number of rotatable bonds is 0. The molecule has 4 heteroatoms. The van der Waals surface area contributed by atoms with Crippen molar-refractivity contribution in [2.24, 2.45) is 0 Å². The van der Waals surface area contributed by atoms with E-state index in [0.29, 0.717) is 0 Å². The van der Waals surface area contributed by atoms with E-state index < -0.39 is 0 Å². The molecule has 1 N–H and O–H groups in total. The van der Waals surface area contributed by atoms with Crippen LogP contribution >= 0.6 is 0 Å². The molecule has 1 atom stereocenters. The fourth-order valence-corrected chi connectivity index (χ4v) is 3.22. The first-order valence-electron chi connectivity index (χ1n) is 7.45. The van der Waals surface area contributed by atoms with Gasteiger partial charge in [-0.2, -0.15) is 5.26 Å². The quantitative estimate of drug-likeness (QED) is 0.807. The van der Waals surface area contributed by atoms with Crippen LogP contribution in [0.15, 0.2) is 24.3 Å². The minimum Gasteiger partial charge on any atom is -0.357 e. The van der Waals surface area contributed by atoms with E-state index in [1.807, 2.05) is 23.1 Å². The predicted octanol–water partition coefficient (Wildman–Crippen LogP) is 2.96. The Morgan fingerprint density at radius 3 is 2.95 bits per heavy atom. The fraction of sp³-hybridized carbons (Fsp3) is 0.412. The van der Waals surface area contributed by atoms with Gasteiger partial charge >= 0.3 is 0 Å². The van der Waals surface area contributed by atoms with Gasteiger partial charge in [-0.05, 0) is 30.9 Å². The van der Waals surface area contributed by atoms with Crippen molar-refractivity contribution in [1.82, 2.24) is 9.88 Å². The van der Waals surface area contributed by atoms with Gasteiger partial charge in [-0.15, -0.1) is 0 Å². The van der Waals surface area contributed by atoms with E-state index in [4.69, 9.17) is 0 Å². The van der Waals surface area contributed by atoms with Crippen LogP contribution < -0.4 is 0 Å². The van der Waals surface area contributed by atoms with E-state index in [1.165, 1.54) is 10.9 Å². The van der Waals surface area contributed by atoms with Crippen molar-refractivity contribution in [1.29, 1.82) is 5.26 Å². The van der Waals surface area contributed by atoms with Crippen molar-refractivity contribution < 1.29 is 4.79 Å². The summed E-state index contributed by atoms with van der Waals surface area (Å²) in [6, 6.07) is 10.6. The van der Waals surface area contributed by atoms with Gasteiger partial charge in [0.2, 0.25) is 5.91 Å². The molecule has 0 bridgehead atoms. The third-order valence-electron chi connectivity index (χ3n) is 4.35. The zero-order chi connectivity index (χ0) is 14.8. The van der Waals surface area contributed by atoms with Crippen LogP contribution in [0.4, 0.5) is 0 Å². The Bertz CT molecular complexity index is 710. The van der Waals surface area contributed by atoms with Crippen LogP contribution in [-0.4, -0.2) is 28.9 Å². The smallest absolute Gasteiger partial charge is 0.219 e. The molecule has 0 saturated carbocycles. The van der Waals surface area contributed by atoms with Gasteiger partial charge in [0.1, 0.15) is 0 Å². The van der Waals surface area contributed by atoms with Crippen molar-refractivity contribution in [2.45, 2.75) is 32.1 Å². The highest BCUT2D eigenvalue weighted by molar-refractivity contribution is 5.85. The molecule has 1 aromatic carbocycles. The van der Waals surface area contributed by atoms with E-state index in [-0.39, 0.29) is 11.8 Å². The van der Waals surface area contributed by atoms with Crippen molar-refractivity contribution in [3.05, 3.63) is 35.5 Å². The number of hydrogen-bond acceptors (Lipinski definition) is 2. The topological polar surface area (TPSA) is 59.9 Å². The van der Waals surface area contributed by atoms with Crippen molar-refractivity contribution >= 4 is 16.8 Å². The Balaban J connectivity index is 2.07. The molecule has 0 fully saturated rings. The van der Waals surface area contributed by atoms with Crippen molar-refractivity contribution in [3.8, 4) is 6.07 Å². The largest absolute Gasteiger partial charge is 0.357 e. The first kappa shape index (κ1) is 13.7. The number of carbonyl (C=O) groups is 1. The molecule has 108 valence electrons. The number of aromatic nitrogens is 1. The number of nitrogens with one attached hydrogen (secondary N) is 1. The number of amides is 1. The maximum atomic E-state index is 11.7. The summed E-state index contributed by atoms with van der Waals surface area (Å²) < 4.78 is 0. The number of nitrogens with zero attached hydrogens (tertiary/aromatic N) is 2. The highest BCUT2D eigenvalue weighted by atomic mass is 16.2. The molecule has 21 heavy (non-hydrogen) atoms. The van der Waals surface area contributed by atoms with Crippen LogP contribution in [0.5, 0.6) is 0 Å². The van der Waals surface area contributed by atoms with Gasteiger partial charge in [-0.3, -0.25) is 4.79 Å². The summed E-state index contributed by atoms with van der Waals surface area (Å²) in [6.45, 7) is 3.09. The number of benzene rings is 1. The van der Waals surface area contributed by atoms with Gasteiger partial charge < -0.3 is 9.88 Å². The maximum Gasteiger partial charge on any atom is 0.219 e. The number of fused-ring (bicyclic) bond motifs is 3. The summed E-state index contributed by atoms with van der Waals surface area (Å²) in [5.41, 5.74) is 3.33. The lowest BCUT2D eigenvalue weighted by molar-refractivity contribution is -0.128. The maximum absolute atomic E-state index is 11.7. The molecular weight excluding hydrogens is 262 g/mol. The standard InChI is InChI=1S/C17H19N3O/c1-12(21)20-9-4-5-13(11-18)17-15(8-10-20)14-6-2-3-7-16(14)19-17/h2-3,6-7,13,19H,4-5,8-10H2,1H3. The number of nitriles is 1.